The van der Waals surface area contributed by atoms with E-state index in [2.05, 4.69) is 0 Å². The lowest BCUT2D eigenvalue weighted by atomic mass is 9.90. The molecule has 0 radical (unpaired) electrons. The molecule has 6 nitrogen and oxygen atoms in total. The summed E-state index contributed by atoms with van der Waals surface area (Å²) in [6.45, 7) is 1.93. The maximum atomic E-state index is 12.6. The number of carbonyl (C=O) groups excluding carboxylic acids is 1. The number of benzene rings is 1. The van der Waals surface area contributed by atoms with E-state index in [4.69, 9.17) is 15.6 Å². The zero-order chi connectivity index (χ0) is 15.0. The lowest BCUT2D eigenvalue weighted by molar-refractivity contribution is -0.141. The zero-order valence-corrected chi connectivity index (χ0v) is 11.7. The molecule has 1 aromatic rings. The van der Waals surface area contributed by atoms with Crippen molar-refractivity contribution >= 4 is 11.9 Å². The Morgan fingerprint density at radius 3 is 2.52 bits per heavy atom. The number of fused-ring (bicyclic) bond motifs is 1. The van der Waals surface area contributed by atoms with E-state index >= 15 is 0 Å². The van der Waals surface area contributed by atoms with Gasteiger partial charge in [0.2, 0.25) is 5.91 Å². The van der Waals surface area contributed by atoms with Crippen LogP contribution in [0, 0.1) is 0 Å². The van der Waals surface area contributed by atoms with E-state index in [9.17, 15) is 9.59 Å². The highest BCUT2D eigenvalue weighted by molar-refractivity contribution is 5.89. The molecule has 2 aliphatic rings. The predicted molar refractivity (Wildman–Crippen MR) is 74.6 cm³/mol. The molecule has 0 saturated carbocycles. The van der Waals surface area contributed by atoms with E-state index in [1.54, 1.807) is 23.1 Å². The summed E-state index contributed by atoms with van der Waals surface area (Å²) in [4.78, 5) is 25.3. The molecular weight excluding hydrogens is 272 g/mol. The summed E-state index contributed by atoms with van der Waals surface area (Å²) < 4.78 is 5.27. The molecule has 0 unspecified atom stereocenters. The summed E-state index contributed by atoms with van der Waals surface area (Å²) in [5, 5.41) is 9.02. The van der Waals surface area contributed by atoms with Gasteiger partial charge in [-0.05, 0) is 36.1 Å². The van der Waals surface area contributed by atoms with E-state index in [-0.39, 0.29) is 11.5 Å². The van der Waals surface area contributed by atoms with Crippen LogP contribution >= 0.6 is 0 Å². The average Bonchev–Trinajstić information content (AvgIpc) is 2.89. The average molecular weight is 290 g/mol. The fourth-order valence-corrected chi connectivity index (χ4v) is 2.94. The molecule has 2 aliphatic heterocycles. The van der Waals surface area contributed by atoms with E-state index in [1.165, 1.54) is 0 Å². The minimum Gasteiger partial charge on any atom is -0.478 e. The Morgan fingerprint density at radius 2 is 1.86 bits per heavy atom. The molecule has 0 aliphatic carbocycles. The molecule has 0 bridgehead atoms. The van der Waals surface area contributed by atoms with Gasteiger partial charge in [-0.2, -0.15) is 0 Å². The lowest BCUT2D eigenvalue weighted by Crippen LogP contribution is -2.56. The molecule has 3 rings (SSSR count). The minimum atomic E-state index is -0.956. The van der Waals surface area contributed by atoms with Gasteiger partial charge in [-0.3, -0.25) is 4.79 Å². The van der Waals surface area contributed by atoms with Crippen molar-refractivity contribution < 1.29 is 19.4 Å². The molecule has 2 heterocycles. The number of amides is 1. The van der Waals surface area contributed by atoms with Crippen molar-refractivity contribution in [2.75, 3.05) is 13.2 Å². The summed E-state index contributed by atoms with van der Waals surface area (Å²) in [6, 6.07) is 4.99. The van der Waals surface area contributed by atoms with E-state index in [0.29, 0.717) is 39.1 Å². The second-order valence-corrected chi connectivity index (χ2v) is 5.72. The third-order valence-electron chi connectivity index (χ3n) is 4.27. The van der Waals surface area contributed by atoms with Crippen LogP contribution in [0.15, 0.2) is 18.2 Å². The number of carbonyl (C=O) groups is 2. The highest BCUT2D eigenvalue weighted by Gasteiger charge is 2.40. The quantitative estimate of drug-likeness (QED) is 0.838. The van der Waals surface area contributed by atoms with E-state index in [1.807, 2.05) is 0 Å². The topological polar surface area (TPSA) is 92.9 Å². The van der Waals surface area contributed by atoms with Crippen LogP contribution in [0.1, 0.15) is 34.3 Å². The smallest absolute Gasteiger partial charge is 0.335 e. The Morgan fingerprint density at radius 1 is 1.19 bits per heavy atom. The fraction of sp³-hybridized carbons (Fsp3) is 0.467. The largest absolute Gasteiger partial charge is 0.478 e. The van der Waals surface area contributed by atoms with Crippen LogP contribution in [-0.2, 0) is 22.6 Å². The Kier molecular flexibility index (Phi) is 3.43. The van der Waals surface area contributed by atoms with Crippen LogP contribution in [0.5, 0.6) is 0 Å². The molecule has 1 fully saturated rings. The van der Waals surface area contributed by atoms with Crippen LogP contribution in [-0.4, -0.2) is 40.6 Å². The fourth-order valence-electron chi connectivity index (χ4n) is 2.94. The normalized spacial score (nSPS) is 20.1. The summed E-state index contributed by atoms with van der Waals surface area (Å²) in [5.74, 6) is -1.03. The van der Waals surface area contributed by atoms with E-state index < -0.39 is 11.5 Å². The van der Waals surface area contributed by atoms with Crippen LogP contribution in [0.2, 0.25) is 0 Å². The molecule has 1 aromatic carbocycles. The second-order valence-electron chi connectivity index (χ2n) is 5.72. The van der Waals surface area contributed by atoms with Crippen LogP contribution < -0.4 is 5.73 Å². The van der Waals surface area contributed by atoms with Gasteiger partial charge in [0.25, 0.3) is 0 Å². The molecule has 6 heteroatoms. The van der Waals surface area contributed by atoms with Crippen molar-refractivity contribution in [1.82, 2.24) is 4.90 Å². The minimum absolute atomic E-state index is 0.0705. The van der Waals surface area contributed by atoms with Crippen molar-refractivity contribution in [3.05, 3.63) is 34.9 Å². The van der Waals surface area contributed by atoms with Gasteiger partial charge in [-0.15, -0.1) is 0 Å². The van der Waals surface area contributed by atoms with Gasteiger partial charge in [-0.25, -0.2) is 4.79 Å². The predicted octanol–water partition coefficient (Wildman–Crippen LogP) is 0.735. The molecule has 3 N–H and O–H groups in total. The van der Waals surface area contributed by atoms with Crippen LogP contribution in [0.3, 0.4) is 0 Å². The third-order valence-corrected chi connectivity index (χ3v) is 4.27. The Labute approximate surface area is 122 Å². The van der Waals surface area contributed by atoms with Crippen molar-refractivity contribution in [2.24, 2.45) is 5.73 Å². The zero-order valence-electron chi connectivity index (χ0n) is 11.7. The molecule has 1 amide bonds. The Hall–Kier alpha value is -1.92. The molecule has 0 spiro atoms. The third kappa shape index (κ3) is 2.52. The highest BCUT2D eigenvalue weighted by atomic mass is 16.5. The maximum absolute atomic E-state index is 12.6. The highest BCUT2D eigenvalue weighted by Crippen LogP contribution is 2.28. The van der Waals surface area contributed by atoms with Gasteiger partial charge in [0.05, 0.1) is 11.1 Å². The first-order valence-electron chi connectivity index (χ1n) is 7.01. The number of aromatic carboxylic acids is 1. The van der Waals surface area contributed by atoms with Gasteiger partial charge in [0.15, 0.2) is 0 Å². The Balaban J connectivity index is 1.78. The van der Waals surface area contributed by atoms with Crippen molar-refractivity contribution in [3.63, 3.8) is 0 Å². The van der Waals surface area contributed by atoms with Gasteiger partial charge < -0.3 is 20.5 Å². The standard InChI is InChI=1S/C15H18N2O4/c16-15(3-5-21-6-4-15)14(20)17-8-11-2-1-10(13(18)19)7-12(11)9-17/h1-2,7H,3-6,8-9,16H2,(H,18,19). The molecule has 0 atom stereocenters. The SMILES string of the molecule is NC1(C(=O)N2Cc3ccc(C(=O)O)cc3C2)CCOCC1. The van der Waals surface area contributed by atoms with Crippen LogP contribution in [0.4, 0.5) is 0 Å². The van der Waals surface area contributed by atoms with E-state index in [0.717, 1.165) is 11.1 Å². The summed E-state index contributed by atoms with van der Waals surface area (Å²) >= 11 is 0. The number of hydrogen-bond acceptors (Lipinski definition) is 4. The first kappa shape index (κ1) is 14.0. The Bertz CT molecular complexity index is 593. The number of carboxylic acids is 1. The van der Waals surface area contributed by atoms with Gasteiger partial charge in [-0.1, -0.05) is 6.07 Å². The molecule has 21 heavy (non-hydrogen) atoms. The number of nitrogens with two attached hydrogens (primary N) is 1. The number of rotatable bonds is 2. The first-order chi connectivity index (χ1) is 9.99. The number of carboxylic acid groups (broad SMARTS) is 1. The second kappa shape index (κ2) is 5.13. The van der Waals surface area contributed by atoms with Gasteiger partial charge in [0, 0.05) is 26.3 Å². The number of nitrogens with zero attached hydrogens (tertiary/aromatic N) is 1. The summed E-state index contributed by atoms with van der Waals surface area (Å²) in [6.07, 6.45) is 1.05. The van der Waals surface area contributed by atoms with Gasteiger partial charge in [0.1, 0.15) is 0 Å². The maximum Gasteiger partial charge on any atom is 0.335 e. The van der Waals surface area contributed by atoms with Crippen LogP contribution in [0.25, 0.3) is 0 Å². The lowest BCUT2D eigenvalue weighted by Gasteiger charge is -2.35. The summed E-state index contributed by atoms with van der Waals surface area (Å²) in [5.41, 5.74) is 7.50. The first-order valence-corrected chi connectivity index (χ1v) is 7.01. The van der Waals surface area contributed by atoms with Crippen molar-refractivity contribution in [3.8, 4) is 0 Å². The monoisotopic (exact) mass is 290 g/mol. The van der Waals surface area contributed by atoms with Gasteiger partial charge >= 0.3 is 5.97 Å². The van der Waals surface area contributed by atoms with Crippen molar-refractivity contribution in [2.45, 2.75) is 31.5 Å². The molecule has 0 aromatic heterocycles. The molecule has 1 saturated heterocycles. The number of hydrogen-bond donors (Lipinski definition) is 2. The summed E-state index contributed by atoms with van der Waals surface area (Å²) in [7, 11) is 0. The molecular formula is C15H18N2O4. The van der Waals surface area contributed by atoms with Crippen molar-refractivity contribution in [1.29, 1.82) is 0 Å². The molecule has 112 valence electrons. The number of ether oxygens (including phenoxy) is 1.